The number of ether oxygens (including phenoxy) is 1. The first-order valence-corrected chi connectivity index (χ1v) is 7.67. The number of methoxy groups -OCH3 is 1. The van der Waals surface area contributed by atoms with E-state index >= 15 is 0 Å². The number of benzene rings is 2. The summed E-state index contributed by atoms with van der Waals surface area (Å²) in [6.45, 7) is 0. The standard InChI is InChI=1S/C19H15FN2O4/c1-25-17-11-12(21-18(23)13-5-2-3-6-14(13)20)8-9-15(17)22-19(24)16-7-4-10-26-16/h2-11H,1H3,(H,21,23)(H,22,24). The van der Waals surface area contributed by atoms with Crippen LogP contribution in [0.25, 0.3) is 0 Å². The average molecular weight is 354 g/mol. The van der Waals surface area contributed by atoms with Crippen LogP contribution in [-0.2, 0) is 0 Å². The van der Waals surface area contributed by atoms with Gasteiger partial charge in [0.25, 0.3) is 11.8 Å². The summed E-state index contributed by atoms with van der Waals surface area (Å²) in [7, 11) is 1.43. The van der Waals surface area contributed by atoms with Crippen LogP contribution in [-0.4, -0.2) is 18.9 Å². The van der Waals surface area contributed by atoms with Crippen molar-refractivity contribution >= 4 is 23.2 Å². The molecule has 0 fully saturated rings. The molecule has 0 aliphatic rings. The van der Waals surface area contributed by atoms with E-state index < -0.39 is 17.6 Å². The van der Waals surface area contributed by atoms with Crippen LogP contribution in [0.4, 0.5) is 15.8 Å². The monoisotopic (exact) mass is 354 g/mol. The Balaban J connectivity index is 1.77. The van der Waals surface area contributed by atoms with Gasteiger partial charge >= 0.3 is 0 Å². The van der Waals surface area contributed by atoms with Gasteiger partial charge in [0.05, 0.1) is 24.6 Å². The fourth-order valence-corrected chi connectivity index (χ4v) is 2.31. The molecule has 0 unspecified atom stereocenters. The number of amides is 2. The Bertz CT molecular complexity index is 938. The highest BCUT2D eigenvalue weighted by Gasteiger charge is 2.15. The lowest BCUT2D eigenvalue weighted by Crippen LogP contribution is -2.14. The summed E-state index contributed by atoms with van der Waals surface area (Å²) < 4.78 is 24.0. The summed E-state index contributed by atoms with van der Waals surface area (Å²) in [5, 5.41) is 5.25. The van der Waals surface area contributed by atoms with Gasteiger partial charge in [0.2, 0.25) is 0 Å². The van der Waals surface area contributed by atoms with Crippen LogP contribution >= 0.6 is 0 Å². The lowest BCUT2D eigenvalue weighted by atomic mass is 10.2. The zero-order valence-corrected chi connectivity index (χ0v) is 13.8. The van der Waals surface area contributed by atoms with Gasteiger partial charge in [0.1, 0.15) is 11.6 Å². The van der Waals surface area contributed by atoms with Crippen LogP contribution in [0.3, 0.4) is 0 Å². The Labute approximate surface area is 148 Å². The highest BCUT2D eigenvalue weighted by atomic mass is 19.1. The molecule has 0 saturated heterocycles. The van der Waals surface area contributed by atoms with E-state index in [-0.39, 0.29) is 11.3 Å². The molecule has 0 aliphatic carbocycles. The number of rotatable bonds is 5. The van der Waals surface area contributed by atoms with E-state index in [1.165, 1.54) is 43.7 Å². The Hall–Kier alpha value is -3.61. The normalized spacial score (nSPS) is 10.2. The van der Waals surface area contributed by atoms with Crippen molar-refractivity contribution < 1.29 is 23.1 Å². The molecule has 0 aliphatic heterocycles. The highest BCUT2D eigenvalue weighted by molar-refractivity contribution is 6.05. The number of hydrogen-bond acceptors (Lipinski definition) is 4. The van der Waals surface area contributed by atoms with Crippen molar-refractivity contribution in [2.45, 2.75) is 0 Å². The summed E-state index contributed by atoms with van der Waals surface area (Å²) in [4.78, 5) is 24.2. The Morgan fingerprint density at radius 1 is 1.00 bits per heavy atom. The van der Waals surface area contributed by atoms with Gasteiger partial charge in [-0.3, -0.25) is 9.59 Å². The molecule has 26 heavy (non-hydrogen) atoms. The third-order valence-electron chi connectivity index (χ3n) is 3.57. The molecular formula is C19H15FN2O4. The highest BCUT2D eigenvalue weighted by Crippen LogP contribution is 2.29. The van der Waals surface area contributed by atoms with Crippen LogP contribution in [0.2, 0.25) is 0 Å². The zero-order valence-electron chi connectivity index (χ0n) is 13.8. The minimum atomic E-state index is -0.612. The number of carbonyl (C=O) groups is 2. The molecule has 0 radical (unpaired) electrons. The summed E-state index contributed by atoms with van der Waals surface area (Å²) in [6.07, 6.45) is 1.40. The van der Waals surface area contributed by atoms with Crippen LogP contribution < -0.4 is 15.4 Å². The quantitative estimate of drug-likeness (QED) is 0.727. The van der Waals surface area contributed by atoms with Gasteiger partial charge < -0.3 is 19.8 Å². The molecule has 0 spiro atoms. The lowest BCUT2D eigenvalue weighted by Gasteiger charge is -2.12. The number of anilines is 2. The van der Waals surface area contributed by atoms with Gasteiger partial charge in [-0.1, -0.05) is 12.1 Å². The molecule has 132 valence electrons. The topological polar surface area (TPSA) is 80.6 Å². The van der Waals surface area contributed by atoms with Crippen molar-refractivity contribution in [1.82, 2.24) is 0 Å². The van der Waals surface area contributed by atoms with Crippen molar-refractivity contribution in [3.8, 4) is 5.75 Å². The molecule has 0 atom stereocenters. The maximum Gasteiger partial charge on any atom is 0.291 e. The van der Waals surface area contributed by atoms with Crippen molar-refractivity contribution in [2.24, 2.45) is 0 Å². The van der Waals surface area contributed by atoms with Crippen LogP contribution in [0.1, 0.15) is 20.9 Å². The second kappa shape index (κ2) is 7.52. The van der Waals surface area contributed by atoms with Crippen molar-refractivity contribution in [3.05, 3.63) is 78.0 Å². The molecule has 2 N–H and O–H groups in total. The number of furan rings is 1. The summed E-state index contributed by atoms with van der Waals surface area (Å²) in [6, 6.07) is 13.5. The Kier molecular flexibility index (Phi) is 4.98. The SMILES string of the molecule is COc1cc(NC(=O)c2ccccc2F)ccc1NC(=O)c1ccco1. The van der Waals surface area contributed by atoms with E-state index in [4.69, 9.17) is 9.15 Å². The van der Waals surface area contributed by atoms with E-state index in [9.17, 15) is 14.0 Å². The molecule has 0 saturated carbocycles. The number of nitrogens with one attached hydrogen (secondary N) is 2. The first-order valence-electron chi connectivity index (χ1n) is 7.67. The van der Waals surface area contributed by atoms with Crippen molar-refractivity contribution in [3.63, 3.8) is 0 Å². The number of hydrogen-bond donors (Lipinski definition) is 2. The maximum absolute atomic E-state index is 13.7. The number of halogens is 1. The molecular weight excluding hydrogens is 339 g/mol. The number of carbonyl (C=O) groups excluding carboxylic acids is 2. The van der Waals surface area contributed by atoms with Crippen LogP contribution in [0.5, 0.6) is 5.75 Å². The van der Waals surface area contributed by atoms with E-state index in [2.05, 4.69) is 10.6 Å². The predicted molar refractivity (Wildman–Crippen MR) is 94.0 cm³/mol. The third kappa shape index (κ3) is 3.72. The van der Waals surface area contributed by atoms with E-state index in [1.807, 2.05) is 0 Å². The average Bonchev–Trinajstić information content (AvgIpc) is 3.18. The van der Waals surface area contributed by atoms with Gasteiger partial charge in [-0.2, -0.15) is 0 Å². The third-order valence-corrected chi connectivity index (χ3v) is 3.57. The summed E-state index contributed by atoms with van der Waals surface area (Å²) in [5.41, 5.74) is 0.727. The van der Waals surface area contributed by atoms with Gasteiger partial charge in [-0.05, 0) is 36.4 Å². The fraction of sp³-hybridized carbons (Fsp3) is 0.0526. The van der Waals surface area contributed by atoms with Gasteiger partial charge in [-0.15, -0.1) is 0 Å². The van der Waals surface area contributed by atoms with Crippen molar-refractivity contribution in [1.29, 1.82) is 0 Å². The minimum Gasteiger partial charge on any atom is -0.494 e. The van der Waals surface area contributed by atoms with E-state index in [1.54, 1.807) is 24.3 Å². The lowest BCUT2D eigenvalue weighted by molar-refractivity contribution is 0.0993. The van der Waals surface area contributed by atoms with Crippen LogP contribution in [0, 0.1) is 5.82 Å². The Morgan fingerprint density at radius 3 is 2.50 bits per heavy atom. The van der Waals surface area contributed by atoms with Gasteiger partial charge in [0.15, 0.2) is 5.76 Å². The first kappa shape index (κ1) is 17.2. The first-order chi connectivity index (χ1) is 12.6. The van der Waals surface area contributed by atoms with E-state index in [0.29, 0.717) is 17.1 Å². The molecule has 1 heterocycles. The summed E-state index contributed by atoms with van der Waals surface area (Å²) >= 11 is 0. The molecule has 7 heteroatoms. The minimum absolute atomic E-state index is 0.0679. The second-order valence-electron chi connectivity index (χ2n) is 5.28. The fourth-order valence-electron chi connectivity index (χ4n) is 2.31. The van der Waals surface area contributed by atoms with Gasteiger partial charge in [-0.25, -0.2) is 4.39 Å². The molecule has 3 rings (SSSR count). The molecule has 6 nitrogen and oxygen atoms in total. The van der Waals surface area contributed by atoms with Gasteiger partial charge in [0, 0.05) is 11.8 Å². The molecule has 2 amide bonds. The Morgan fingerprint density at radius 2 is 1.81 bits per heavy atom. The van der Waals surface area contributed by atoms with Crippen LogP contribution in [0.15, 0.2) is 65.3 Å². The maximum atomic E-state index is 13.7. The molecule has 2 aromatic carbocycles. The van der Waals surface area contributed by atoms with Crippen molar-refractivity contribution in [2.75, 3.05) is 17.7 Å². The smallest absolute Gasteiger partial charge is 0.291 e. The zero-order chi connectivity index (χ0) is 18.5. The molecule has 0 bridgehead atoms. The largest absolute Gasteiger partial charge is 0.494 e. The molecule has 1 aromatic heterocycles. The second-order valence-corrected chi connectivity index (χ2v) is 5.28. The molecule has 3 aromatic rings. The van der Waals surface area contributed by atoms with E-state index in [0.717, 1.165) is 0 Å². The summed E-state index contributed by atoms with van der Waals surface area (Å²) in [5.74, 6) is -1.14. The predicted octanol–water partition coefficient (Wildman–Crippen LogP) is 3.93.